The van der Waals surface area contributed by atoms with Crippen LogP contribution in [0.4, 0.5) is 10.1 Å². The van der Waals surface area contributed by atoms with Crippen LogP contribution < -0.4 is 4.74 Å². The molecule has 4 nitrogen and oxygen atoms in total. The van der Waals surface area contributed by atoms with Gasteiger partial charge < -0.3 is 4.74 Å². The molecule has 1 saturated heterocycles. The minimum atomic E-state index is -0.518. The molecule has 1 aliphatic heterocycles. The number of carbonyl (C=O) groups excluding carboxylic acids is 1. The molecule has 0 aliphatic carbocycles. The van der Waals surface area contributed by atoms with Crippen molar-refractivity contribution in [3.05, 3.63) is 59.4 Å². The number of benzene rings is 2. The van der Waals surface area contributed by atoms with Gasteiger partial charge in [-0.15, -0.1) is 0 Å². The third kappa shape index (κ3) is 3.85. The van der Waals surface area contributed by atoms with Crippen LogP contribution in [-0.4, -0.2) is 35.4 Å². The number of carbonyl (C=O) groups is 1. The zero-order valence-corrected chi connectivity index (χ0v) is 15.0. The summed E-state index contributed by atoms with van der Waals surface area (Å²) in [4.78, 5) is 19.0. The van der Waals surface area contributed by atoms with Gasteiger partial charge in [-0.05, 0) is 43.2 Å². The normalized spacial score (nSPS) is 16.1. The molecule has 1 aliphatic rings. The number of hydrogen-bond donors (Lipinski definition) is 0. The van der Waals surface area contributed by atoms with E-state index in [-0.39, 0.29) is 11.5 Å². The van der Waals surface area contributed by atoms with E-state index in [2.05, 4.69) is 4.99 Å². The largest absolute Gasteiger partial charge is 0.494 e. The average Bonchev–Trinajstić information content (AvgIpc) is 2.62. The first kappa shape index (κ1) is 17.5. The summed E-state index contributed by atoms with van der Waals surface area (Å²) < 4.78 is 19.4. The number of amides is 1. The zero-order chi connectivity index (χ0) is 17.8. The molecule has 1 heterocycles. The fourth-order valence-electron chi connectivity index (χ4n) is 2.61. The Hall–Kier alpha value is -2.34. The van der Waals surface area contributed by atoms with Crippen LogP contribution in [0, 0.1) is 12.7 Å². The highest BCUT2D eigenvalue weighted by atomic mass is 32.2. The molecular weight excluding hydrogens is 339 g/mol. The number of aliphatic imine (C=N–C) groups is 1. The van der Waals surface area contributed by atoms with Crippen LogP contribution >= 0.6 is 11.8 Å². The monoisotopic (exact) mass is 358 g/mol. The van der Waals surface area contributed by atoms with Crippen molar-refractivity contribution in [2.24, 2.45) is 4.99 Å². The van der Waals surface area contributed by atoms with Crippen molar-refractivity contribution in [1.82, 2.24) is 4.90 Å². The molecule has 1 fully saturated rings. The van der Waals surface area contributed by atoms with Gasteiger partial charge in [0.25, 0.3) is 5.91 Å². The predicted molar refractivity (Wildman–Crippen MR) is 99.3 cm³/mol. The van der Waals surface area contributed by atoms with E-state index < -0.39 is 5.82 Å². The highest BCUT2D eigenvalue weighted by molar-refractivity contribution is 8.13. The lowest BCUT2D eigenvalue weighted by atomic mass is 10.2. The third-order valence-electron chi connectivity index (χ3n) is 3.89. The second-order valence-electron chi connectivity index (χ2n) is 5.71. The smallest absolute Gasteiger partial charge is 0.262 e. The first-order valence-electron chi connectivity index (χ1n) is 8.02. The first-order valence-corrected chi connectivity index (χ1v) is 9.01. The summed E-state index contributed by atoms with van der Waals surface area (Å²) in [6.07, 6.45) is 0.842. The second kappa shape index (κ2) is 7.70. The molecule has 0 saturated carbocycles. The maximum atomic E-state index is 14.0. The van der Waals surface area contributed by atoms with Crippen molar-refractivity contribution in [2.75, 3.05) is 19.4 Å². The Morgan fingerprint density at radius 1 is 1.28 bits per heavy atom. The van der Waals surface area contributed by atoms with Crippen molar-refractivity contribution in [3.8, 4) is 5.75 Å². The zero-order valence-electron chi connectivity index (χ0n) is 14.2. The molecular formula is C19H19FN2O2S. The molecule has 6 heteroatoms. The van der Waals surface area contributed by atoms with E-state index in [1.807, 2.05) is 25.1 Å². The third-order valence-corrected chi connectivity index (χ3v) is 4.95. The van der Waals surface area contributed by atoms with Crippen molar-refractivity contribution >= 4 is 28.5 Å². The number of hydrogen-bond acceptors (Lipinski definition) is 4. The Morgan fingerprint density at radius 3 is 2.84 bits per heavy atom. The number of nitrogens with zero attached hydrogens (tertiary/aromatic N) is 2. The average molecular weight is 358 g/mol. The van der Waals surface area contributed by atoms with Crippen molar-refractivity contribution in [1.29, 1.82) is 0 Å². The van der Waals surface area contributed by atoms with Crippen molar-refractivity contribution in [2.45, 2.75) is 13.3 Å². The summed E-state index contributed by atoms with van der Waals surface area (Å²) in [7, 11) is 1.59. The number of rotatable bonds is 3. The molecule has 2 aromatic rings. The first-order chi connectivity index (χ1) is 12.1. The summed E-state index contributed by atoms with van der Waals surface area (Å²) in [6.45, 7) is 2.49. The molecule has 3 rings (SSSR count). The van der Waals surface area contributed by atoms with E-state index in [0.29, 0.717) is 23.1 Å². The number of thioether (sulfide) groups is 1. The quantitative estimate of drug-likeness (QED) is 0.816. The number of ether oxygens (including phenoxy) is 1. The van der Waals surface area contributed by atoms with Gasteiger partial charge in [0.2, 0.25) is 0 Å². The summed E-state index contributed by atoms with van der Waals surface area (Å²) in [5.74, 6) is 0.627. The van der Waals surface area contributed by atoms with Gasteiger partial charge in [-0.1, -0.05) is 30.0 Å². The highest BCUT2D eigenvalue weighted by Gasteiger charge is 2.26. The number of aryl methyl sites for hydroxylation is 1. The molecule has 0 N–H and O–H groups in total. The van der Waals surface area contributed by atoms with Gasteiger partial charge in [0.1, 0.15) is 17.3 Å². The lowest BCUT2D eigenvalue weighted by molar-refractivity contribution is 0.0844. The van der Waals surface area contributed by atoms with E-state index >= 15 is 0 Å². The predicted octanol–water partition coefficient (Wildman–Crippen LogP) is 4.41. The second-order valence-corrected chi connectivity index (χ2v) is 6.77. The lowest BCUT2D eigenvalue weighted by Gasteiger charge is -2.28. The standard InChI is InChI=1S/C19H19FN2O2S/c1-13-8-9-17(24-2)16(12-13)21-19-22(10-5-11-25-19)18(23)14-6-3-4-7-15(14)20/h3-4,6-9,12H,5,10-11H2,1-2H3. The Bertz CT molecular complexity index is 823. The number of halogens is 1. The van der Waals surface area contributed by atoms with Crippen molar-refractivity contribution in [3.63, 3.8) is 0 Å². The molecule has 0 unspecified atom stereocenters. The van der Waals surface area contributed by atoms with Gasteiger partial charge in [-0.25, -0.2) is 9.38 Å². The fourth-order valence-corrected chi connectivity index (χ4v) is 3.56. The van der Waals surface area contributed by atoms with Crippen LogP contribution in [0.1, 0.15) is 22.3 Å². The van der Waals surface area contributed by atoms with E-state index in [1.165, 1.54) is 23.9 Å². The van der Waals surface area contributed by atoms with Crippen LogP contribution in [0.5, 0.6) is 5.75 Å². The number of methoxy groups -OCH3 is 1. The Kier molecular flexibility index (Phi) is 5.38. The Balaban J connectivity index is 1.98. The minimum absolute atomic E-state index is 0.0638. The van der Waals surface area contributed by atoms with Crippen LogP contribution in [0.15, 0.2) is 47.5 Å². The Labute approximate surface area is 150 Å². The van der Waals surface area contributed by atoms with Gasteiger partial charge in [0.15, 0.2) is 5.17 Å². The van der Waals surface area contributed by atoms with Gasteiger partial charge in [-0.2, -0.15) is 0 Å². The molecule has 2 aromatic carbocycles. The maximum absolute atomic E-state index is 14.0. The van der Waals surface area contributed by atoms with Crippen LogP contribution in [0.25, 0.3) is 0 Å². The molecule has 0 bridgehead atoms. The molecule has 0 atom stereocenters. The molecule has 25 heavy (non-hydrogen) atoms. The SMILES string of the molecule is COc1ccc(C)cc1N=C1SCCCN1C(=O)c1ccccc1F. The highest BCUT2D eigenvalue weighted by Crippen LogP contribution is 2.31. The topological polar surface area (TPSA) is 41.9 Å². The van der Waals surface area contributed by atoms with E-state index in [9.17, 15) is 9.18 Å². The van der Waals surface area contributed by atoms with Crippen molar-refractivity contribution < 1.29 is 13.9 Å². The number of amidine groups is 1. The van der Waals surface area contributed by atoms with Gasteiger partial charge in [0, 0.05) is 12.3 Å². The van der Waals surface area contributed by atoms with Gasteiger partial charge in [0.05, 0.1) is 12.7 Å². The van der Waals surface area contributed by atoms with Gasteiger partial charge in [-0.3, -0.25) is 9.69 Å². The van der Waals surface area contributed by atoms with Crippen LogP contribution in [0.2, 0.25) is 0 Å². The van der Waals surface area contributed by atoms with E-state index in [0.717, 1.165) is 17.7 Å². The minimum Gasteiger partial charge on any atom is -0.494 e. The summed E-state index contributed by atoms with van der Waals surface area (Å²) >= 11 is 1.50. The molecule has 0 radical (unpaired) electrons. The fraction of sp³-hybridized carbons (Fsp3) is 0.263. The van der Waals surface area contributed by atoms with E-state index in [4.69, 9.17) is 4.74 Å². The van der Waals surface area contributed by atoms with Crippen LogP contribution in [-0.2, 0) is 0 Å². The molecule has 0 spiro atoms. The summed E-state index contributed by atoms with van der Waals surface area (Å²) in [5.41, 5.74) is 1.78. The maximum Gasteiger partial charge on any atom is 0.262 e. The summed E-state index contributed by atoms with van der Waals surface area (Å²) in [5, 5.41) is 0.573. The van der Waals surface area contributed by atoms with E-state index in [1.54, 1.807) is 24.1 Å². The molecule has 1 amide bonds. The molecule has 0 aromatic heterocycles. The van der Waals surface area contributed by atoms with Gasteiger partial charge >= 0.3 is 0 Å². The lowest BCUT2D eigenvalue weighted by Crippen LogP contribution is -2.39. The molecule has 130 valence electrons. The Morgan fingerprint density at radius 2 is 2.08 bits per heavy atom. The summed E-state index contributed by atoms with van der Waals surface area (Å²) in [6, 6.07) is 11.7. The van der Waals surface area contributed by atoms with Crippen LogP contribution in [0.3, 0.4) is 0 Å².